The monoisotopic (exact) mass is 551 g/mol. The molecule has 2 aromatic heterocycles. The molecular weight excluding hydrogens is 519 g/mol. The minimum Gasteiger partial charge on any atom is -0.493 e. The highest BCUT2D eigenvalue weighted by molar-refractivity contribution is 5.92. The van der Waals surface area contributed by atoms with Gasteiger partial charge in [-0.3, -0.25) is 9.78 Å². The number of carbonyl (C=O) groups excluding carboxylic acids is 1. The Kier molecular flexibility index (Phi) is 8.00. The first-order valence-corrected chi connectivity index (χ1v) is 13.4. The number of likely N-dealkylation sites (tertiary alicyclic amines) is 1. The molecule has 40 heavy (non-hydrogen) atoms. The van der Waals surface area contributed by atoms with Crippen LogP contribution in [0.5, 0.6) is 11.5 Å². The maximum absolute atomic E-state index is 13.8. The van der Waals surface area contributed by atoms with E-state index >= 15 is 0 Å². The highest BCUT2D eigenvalue weighted by Crippen LogP contribution is 2.40. The van der Waals surface area contributed by atoms with Gasteiger partial charge in [0.1, 0.15) is 0 Å². The molecule has 0 bridgehead atoms. The summed E-state index contributed by atoms with van der Waals surface area (Å²) in [5.74, 6) is 1.24. The number of ether oxygens (including phenoxy) is 2. The lowest BCUT2D eigenvalue weighted by Gasteiger charge is -2.32. The third-order valence-corrected chi connectivity index (χ3v) is 7.65. The van der Waals surface area contributed by atoms with Crippen LogP contribution in [0.4, 0.5) is 13.2 Å². The number of hydrogen-bond acceptors (Lipinski definition) is 4. The molecule has 3 heterocycles. The molecule has 0 aliphatic carbocycles. The Labute approximate surface area is 231 Å². The molecule has 1 aliphatic heterocycles. The first-order chi connectivity index (χ1) is 19.3. The molecule has 9 heteroatoms. The average molecular weight is 552 g/mol. The van der Waals surface area contributed by atoms with E-state index in [0.717, 1.165) is 24.0 Å². The SMILES string of the molecule is COc1ccc(-c2[nH]c3ccc(C4CCN(C(=O)CCc5cccnc5)CC4)cc3c2CC(F)(F)F)cc1OC. The van der Waals surface area contributed by atoms with Gasteiger partial charge < -0.3 is 19.4 Å². The van der Waals surface area contributed by atoms with Crippen LogP contribution in [0.3, 0.4) is 0 Å². The van der Waals surface area contributed by atoms with E-state index in [9.17, 15) is 18.0 Å². The molecule has 6 nitrogen and oxygen atoms in total. The summed E-state index contributed by atoms with van der Waals surface area (Å²) < 4.78 is 51.9. The largest absolute Gasteiger partial charge is 0.493 e. The Morgan fingerprint density at radius 1 is 1.05 bits per heavy atom. The number of fused-ring (bicyclic) bond motifs is 1. The Balaban J connectivity index is 1.36. The molecular formula is C31H32F3N3O3. The van der Waals surface area contributed by atoms with E-state index in [-0.39, 0.29) is 17.4 Å². The van der Waals surface area contributed by atoms with Crippen molar-refractivity contribution in [1.82, 2.24) is 14.9 Å². The number of nitrogens with one attached hydrogen (secondary N) is 1. The molecule has 4 aromatic rings. The van der Waals surface area contributed by atoms with Gasteiger partial charge in [0.2, 0.25) is 5.91 Å². The number of aromatic amines is 1. The number of aromatic nitrogens is 2. The fourth-order valence-corrected chi connectivity index (χ4v) is 5.56. The van der Waals surface area contributed by atoms with E-state index < -0.39 is 12.6 Å². The molecule has 1 amide bonds. The summed E-state index contributed by atoms with van der Waals surface area (Å²) >= 11 is 0. The van der Waals surface area contributed by atoms with E-state index in [4.69, 9.17) is 9.47 Å². The van der Waals surface area contributed by atoms with Crippen LogP contribution in [0, 0.1) is 0 Å². The summed E-state index contributed by atoms with van der Waals surface area (Å²) in [7, 11) is 3.01. The average Bonchev–Trinajstić information content (AvgIpc) is 3.32. The Morgan fingerprint density at radius 2 is 1.82 bits per heavy atom. The van der Waals surface area contributed by atoms with Crippen molar-refractivity contribution in [1.29, 1.82) is 0 Å². The zero-order valence-electron chi connectivity index (χ0n) is 22.6. The Hall–Kier alpha value is -4.01. The molecule has 2 aromatic carbocycles. The van der Waals surface area contributed by atoms with Gasteiger partial charge in [-0.25, -0.2) is 0 Å². The number of methoxy groups -OCH3 is 2. The summed E-state index contributed by atoms with van der Waals surface area (Å²) in [6.07, 6.45) is 0.691. The van der Waals surface area contributed by atoms with Crippen molar-refractivity contribution >= 4 is 16.8 Å². The lowest BCUT2D eigenvalue weighted by Crippen LogP contribution is -2.38. The topological polar surface area (TPSA) is 67.5 Å². The van der Waals surface area contributed by atoms with Gasteiger partial charge in [-0.1, -0.05) is 12.1 Å². The molecule has 0 atom stereocenters. The van der Waals surface area contributed by atoms with Crippen LogP contribution in [0.2, 0.25) is 0 Å². The van der Waals surface area contributed by atoms with Crippen LogP contribution < -0.4 is 9.47 Å². The van der Waals surface area contributed by atoms with Crippen molar-refractivity contribution in [2.24, 2.45) is 0 Å². The number of halogens is 3. The molecule has 1 fully saturated rings. The number of benzene rings is 2. The number of aryl methyl sites for hydroxylation is 1. The van der Waals surface area contributed by atoms with Gasteiger partial charge in [0.15, 0.2) is 11.5 Å². The second-order valence-electron chi connectivity index (χ2n) is 10.2. The van der Waals surface area contributed by atoms with Gasteiger partial charge in [-0.2, -0.15) is 13.2 Å². The highest BCUT2D eigenvalue weighted by Gasteiger charge is 2.32. The fourth-order valence-electron chi connectivity index (χ4n) is 5.56. The molecule has 1 saturated heterocycles. The summed E-state index contributed by atoms with van der Waals surface area (Å²) in [5.41, 5.74) is 3.89. The van der Waals surface area contributed by atoms with Crippen molar-refractivity contribution in [3.05, 3.63) is 77.6 Å². The van der Waals surface area contributed by atoms with Crippen molar-refractivity contribution in [2.75, 3.05) is 27.3 Å². The quantitative estimate of drug-likeness (QED) is 0.265. The maximum atomic E-state index is 13.8. The molecule has 0 radical (unpaired) electrons. The number of nitrogens with zero attached hydrogens (tertiary/aromatic N) is 2. The maximum Gasteiger partial charge on any atom is 0.393 e. The first kappa shape index (κ1) is 27.6. The van der Waals surface area contributed by atoms with Crippen LogP contribution >= 0.6 is 0 Å². The highest BCUT2D eigenvalue weighted by atomic mass is 19.4. The number of hydrogen-bond donors (Lipinski definition) is 1. The molecule has 210 valence electrons. The van der Waals surface area contributed by atoms with Crippen molar-refractivity contribution < 1.29 is 27.4 Å². The third kappa shape index (κ3) is 6.08. The Bertz CT molecular complexity index is 1480. The Morgan fingerprint density at radius 3 is 2.50 bits per heavy atom. The normalized spacial score (nSPS) is 14.5. The molecule has 0 spiro atoms. The van der Waals surface area contributed by atoms with E-state index in [2.05, 4.69) is 9.97 Å². The van der Waals surface area contributed by atoms with Crippen molar-refractivity contribution in [3.63, 3.8) is 0 Å². The summed E-state index contributed by atoms with van der Waals surface area (Å²) in [6.45, 7) is 1.27. The first-order valence-electron chi connectivity index (χ1n) is 13.4. The zero-order chi connectivity index (χ0) is 28.3. The zero-order valence-corrected chi connectivity index (χ0v) is 22.6. The number of carbonyl (C=O) groups is 1. The van der Waals surface area contributed by atoms with Crippen LogP contribution in [0.15, 0.2) is 60.9 Å². The minimum absolute atomic E-state index is 0.121. The van der Waals surface area contributed by atoms with E-state index in [1.165, 1.54) is 14.2 Å². The molecule has 5 rings (SSSR count). The van der Waals surface area contributed by atoms with Crippen LogP contribution in [0.1, 0.15) is 41.9 Å². The standard InChI is InChI=1S/C31H32F3N3O3/c1-39-27-9-7-23(17-28(27)40-2)30-25(18-31(32,33)34)24-16-22(6-8-26(24)36-30)21-11-14-37(15-12-21)29(38)10-5-20-4-3-13-35-19-20/h3-4,6-9,13,16-17,19,21,36H,5,10-12,14-15,18H2,1-2H3. The van der Waals surface area contributed by atoms with Crippen LogP contribution in [0.25, 0.3) is 22.2 Å². The minimum atomic E-state index is -4.38. The third-order valence-electron chi connectivity index (χ3n) is 7.65. The van der Waals surface area contributed by atoms with Gasteiger partial charge in [0.05, 0.1) is 26.3 Å². The molecule has 1 N–H and O–H groups in total. The van der Waals surface area contributed by atoms with E-state index in [1.54, 1.807) is 30.6 Å². The second kappa shape index (κ2) is 11.6. The number of amides is 1. The number of alkyl halides is 3. The van der Waals surface area contributed by atoms with E-state index in [0.29, 0.717) is 59.6 Å². The predicted octanol–water partition coefficient (Wildman–Crippen LogP) is 6.69. The van der Waals surface area contributed by atoms with E-state index in [1.807, 2.05) is 35.2 Å². The van der Waals surface area contributed by atoms with Crippen LogP contribution in [-0.4, -0.2) is 54.3 Å². The lowest BCUT2D eigenvalue weighted by molar-refractivity contribution is -0.132. The summed E-state index contributed by atoms with van der Waals surface area (Å²) in [4.78, 5) is 22.0. The summed E-state index contributed by atoms with van der Waals surface area (Å²) in [5, 5.41) is 0.564. The van der Waals surface area contributed by atoms with Gasteiger partial charge in [-0.05, 0) is 78.3 Å². The number of piperidine rings is 1. The van der Waals surface area contributed by atoms with Crippen LogP contribution in [-0.2, 0) is 17.6 Å². The smallest absolute Gasteiger partial charge is 0.393 e. The fraction of sp³-hybridized carbons (Fsp3) is 0.355. The second-order valence-corrected chi connectivity index (χ2v) is 10.2. The number of rotatable bonds is 8. The molecule has 0 saturated carbocycles. The van der Waals surface area contributed by atoms with Gasteiger partial charge in [0.25, 0.3) is 0 Å². The summed E-state index contributed by atoms with van der Waals surface area (Å²) in [6, 6.07) is 14.7. The predicted molar refractivity (Wildman–Crippen MR) is 148 cm³/mol. The van der Waals surface area contributed by atoms with Gasteiger partial charge in [0, 0.05) is 48.4 Å². The number of pyridine rings is 1. The van der Waals surface area contributed by atoms with Crippen molar-refractivity contribution in [3.8, 4) is 22.8 Å². The van der Waals surface area contributed by atoms with Crippen molar-refractivity contribution in [2.45, 2.75) is 44.2 Å². The lowest BCUT2D eigenvalue weighted by atomic mass is 9.88. The van der Waals surface area contributed by atoms with Gasteiger partial charge in [-0.15, -0.1) is 0 Å². The molecule has 0 unspecified atom stereocenters. The number of H-pyrrole nitrogens is 1. The molecule has 1 aliphatic rings. The van der Waals surface area contributed by atoms with Gasteiger partial charge >= 0.3 is 6.18 Å².